The predicted molar refractivity (Wildman–Crippen MR) is 102 cm³/mol. The van der Waals surface area contributed by atoms with Crippen molar-refractivity contribution < 1.29 is 19.1 Å². The summed E-state index contributed by atoms with van der Waals surface area (Å²) >= 11 is 0. The van der Waals surface area contributed by atoms with Crippen LogP contribution in [0, 0.1) is 0 Å². The van der Waals surface area contributed by atoms with Crippen LogP contribution in [0.1, 0.15) is 47.4 Å². The molecule has 0 saturated heterocycles. The van der Waals surface area contributed by atoms with E-state index in [9.17, 15) is 14.4 Å². The molecule has 2 aromatic carbocycles. The lowest BCUT2D eigenvalue weighted by molar-refractivity contribution is -0.116. The van der Waals surface area contributed by atoms with Crippen LogP contribution in [-0.2, 0) is 4.79 Å². The molecule has 27 heavy (non-hydrogen) atoms. The zero-order valence-corrected chi connectivity index (χ0v) is 15.4. The fourth-order valence-corrected chi connectivity index (χ4v) is 2.98. The molecule has 1 aliphatic rings. The highest BCUT2D eigenvalue weighted by atomic mass is 16.5. The summed E-state index contributed by atoms with van der Waals surface area (Å²) in [5, 5.41) is 2.81. The van der Waals surface area contributed by atoms with E-state index in [0.717, 1.165) is 0 Å². The van der Waals surface area contributed by atoms with Crippen LogP contribution in [0.25, 0.3) is 0 Å². The number of imide groups is 1. The Morgan fingerprint density at radius 2 is 1.70 bits per heavy atom. The average molecular weight is 366 g/mol. The summed E-state index contributed by atoms with van der Waals surface area (Å²) in [4.78, 5) is 37.9. The van der Waals surface area contributed by atoms with Gasteiger partial charge in [0.2, 0.25) is 5.91 Å². The normalized spacial score (nSPS) is 13.1. The van der Waals surface area contributed by atoms with Crippen molar-refractivity contribution in [3.05, 3.63) is 59.7 Å². The third kappa shape index (κ3) is 4.34. The molecular weight excluding hydrogens is 344 g/mol. The summed E-state index contributed by atoms with van der Waals surface area (Å²) in [5.41, 5.74) is 1.50. The first kappa shape index (κ1) is 18.6. The third-order valence-electron chi connectivity index (χ3n) is 4.15. The maximum atomic E-state index is 12.3. The molecule has 0 fully saturated rings. The van der Waals surface area contributed by atoms with Gasteiger partial charge < -0.3 is 10.1 Å². The summed E-state index contributed by atoms with van der Waals surface area (Å²) in [7, 11) is 0. The van der Waals surface area contributed by atoms with Crippen LogP contribution in [-0.4, -0.2) is 35.3 Å². The fourth-order valence-electron chi connectivity index (χ4n) is 2.98. The summed E-state index contributed by atoms with van der Waals surface area (Å²) in [5.74, 6) is -0.0776. The summed E-state index contributed by atoms with van der Waals surface area (Å²) in [6, 6.07) is 14.0. The van der Waals surface area contributed by atoms with Gasteiger partial charge in [-0.05, 0) is 44.5 Å². The van der Waals surface area contributed by atoms with Crippen LogP contribution in [0.5, 0.6) is 5.75 Å². The monoisotopic (exact) mass is 366 g/mol. The van der Waals surface area contributed by atoms with Crippen LogP contribution >= 0.6 is 0 Å². The second-order valence-electron chi connectivity index (χ2n) is 6.65. The first-order valence-electron chi connectivity index (χ1n) is 8.97. The Labute approximate surface area is 158 Å². The van der Waals surface area contributed by atoms with Gasteiger partial charge in [-0.2, -0.15) is 0 Å². The number of carbonyl (C=O) groups excluding carboxylic acids is 3. The van der Waals surface area contributed by atoms with Crippen LogP contribution in [0.2, 0.25) is 0 Å². The van der Waals surface area contributed by atoms with Crippen molar-refractivity contribution in [3.8, 4) is 5.75 Å². The van der Waals surface area contributed by atoms with Gasteiger partial charge in [0, 0.05) is 24.7 Å². The van der Waals surface area contributed by atoms with E-state index in [-0.39, 0.29) is 36.8 Å². The zero-order chi connectivity index (χ0) is 19.4. The lowest BCUT2D eigenvalue weighted by atomic mass is 10.1. The Bertz CT molecular complexity index is 841. The third-order valence-corrected chi connectivity index (χ3v) is 4.15. The Morgan fingerprint density at radius 1 is 1.04 bits per heavy atom. The van der Waals surface area contributed by atoms with Crippen LogP contribution in [0.15, 0.2) is 48.5 Å². The van der Waals surface area contributed by atoms with Gasteiger partial charge in [-0.25, -0.2) is 0 Å². The minimum Gasteiger partial charge on any atom is -0.491 e. The number of ether oxygens (including phenoxy) is 1. The highest BCUT2D eigenvalue weighted by Gasteiger charge is 2.34. The molecule has 3 rings (SSSR count). The predicted octanol–water partition coefficient (Wildman–Crippen LogP) is 3.49. The largest absolute Gasteiger partial charge is 0.491 e. The molecular formula is C21H22N2O4. The number of anilines is 1. The molecule has 1 aliphatic heterocycles. The molecule has 0 unspecified atom stereocenters. The Kier molecular flexibility index (Phi) is 5.54. The van der Waals surface area contributed by atoms with Crippen LogP contribution in [0.3, 0.4) is 0 Å². The second kappa shape index (κ2) is 8.03. The van der Waals surface area contributed by atoms with Crippen molar-refractivity contribution in [1.82, 2.24) is 4.90 Å². The second-order valence-corrected chi connectivity index (χ2v) is 6.65. The fraction of sp³-hybridized carbons (Fsp3) is 0.286. The van der Waals surface area contributed by atoms with E-state index in [1.54, 1.807) is 36.4 Å². The van der Waals surface area contributed by atoms with Gasteiger partial charge in [-0.3, -0.25) is 19.3 Å². The Balaban J connectivity index is 1.51. The molecule has 0 atom stereocenters. The molecule has 140 valence electrons. The SMILES string of the molecule is CC(C)Oc1cccc(NC(=O)CCCN2C(=O)c3ccccc3C2=O)c1. The highest BCUT2D eigenvalue weighted by molar-refractivity contribution is 6.21. The molecule has 6 nitrogen and oxygen atoms in total. The lowest BCUT2D eigenvalue weighted by Crippen LogP contribution is -2.31. The smallest absolute Gasteiger partial charge is 0.261 e. The van der Waals surface area contributed by atoms with E-state index in [1.165, 1.54) is 4.90 Å². The average Bonchev–Trinajstić information content (AvgIpc) is 2.87. The van der Waals surface area contributed by atoms with E-state index in [4.69, 9.17) is 4.74 Å². The van der Waals surface area contributed by atoms with Gasteiger partial charge >= 0.3 is 0 Å². The van der Waals surface area contributed by atoms with Crippen molar-refractivity contribution in [2.75, 3.05) is 11.9 Å². The zero-order valence-electron chi connectivity index (χ0n) is 15.4. The van der Waals surface area contributed by atoms with E-state index < -0.39 is 0 Å². The number of carbonyl (C=O) groups is 3. The quantitative estimate of drug-likeness (QED) is 0.761. The molecule has 2 aromatic rings. The van der Waals surface area contributed by atoms with Crippen molar-refractivity contribution in [2.24, 2.45) is 0 Å². The van der Waals surface area contributed by atoms with Gasteiger partial charge in [0.25, 0.3) is 11.8 Å². The number of nitrogens with one attached hydrogen (secondary N) is 1. The van der Waals surface area contributed by atoms with E-state index in [0.29, 0.717) is 29.0 Å². The summed E-state index contributed by atoms with van der Waals surface area (Å²) in [6.07, 6.45) is 0.665. The van der Waals surface area contributed by atoms with Crippen molar-refractivity contribution in [3.63, 3.8) is 0 Å². The number of nitrogens with zero attached hydrogens (tertiary/aromatic N) is 1. The first-order valence-corrected chi connectivity index (χ1v) is 8.97. The Hall–Kier alpha value is -3.15. The maximum Gasteiger partial charge on any atom is 0.261 e. The summed E-state index contributed by atoms with van der Waals surface area (Å²) < 4.78 is 5.61. The van der Waals surface area contributed by atoms with Gasteiger partial charge in [0.05, 0.1) is 17.2 Å². The van der Waals surface area contributed by atoms with Crippen LogP contribution in [0.4, 0.5) is 5.69 Å². The molecule has 1 N–H and O–H groups in total. The van der Waals surface area contributed by atoms with E-state index >= 15 is 0 Å². The number of hydrogen-bond donors (Lipinski definition) is 1. The number of amides is 3. The van der Waals surface area contributed by atoms with Crippen LogP contribution < -0.4 is 10.1 Å². The topological polar surface area (TPSA) is 75.7 Å². The maximum absolute atomic E-state index is 12.3. The molecule has 6 heteroatoms. The first-order chi connectivity index (χ1) is 13.0. The van der Waals surface area contributed by atoms with Gasteiger partial charge in [-0.15, -0.1) is 0 Å². The molecule has 0 spiro atoms. The number of hydrogen-bond acceptors (Lipinski definition) is 4. The number of benzene rings is 2. The minimum absolute atomic E-state index is 0.0515. The number of fused-ring (bicyclic) bond motifs is 1. The molecule has 0 aliphatic carbocycles. The lowest BCUT2D eigenvalue weighted by Gasteiger charge is -2.14. The highest BCUT2D eigenvalue weighted by Crippen LogP contribution is 2.23. The van der Waals surface area contributed by atoms with Gasteiger partial charge in [0.1, 0.15) is 5.75 Å². The molecule has 0 radical (unpaired) electrons. The molecule has 0 saturated carbocycles. The van der Waals surface area contributed by atoms with Crippen molar-refractivity contribution in [2.45, 2.75) is 32.8 Å². The van der Waals surface area contributed by atoms with E-state index in [2.05, 4.69) is 5.32 Å². The molecule has 0 aromatic heterocycles. The van der Waals surface area contributed by atoms with E-state index in [1.807, 2.05) is 26.0 Å². The van der Waals surface area contributed by atoms with Crippen molar-refractivity contribution in [1.29, 1.82) is 0 Å². The van der Waals surface area contributed by atoms with Gasteiger partial charge in [-0.1, -0.05) is 18.2 Å². The Morgan fingerprint density at radius 3 is 2.33 bits per heavy atom. The summed E-state index contributed by atoms with van der Waals surface area (Å²) in [6.45, 7) is 4.09. The van der Waals surface area contributed by atoms with Crippen molar-refractivity contribution >= 4 is 23.4 Å². The minimum atomic E-state index is -0.297. The standard InChI is InChI=1S/C21H22N2O4/c1-14(2)27-16-8-5-7-15(13-16)22-19(24)11-6-12-23-20(25)17-9-3-4-10-18(17)21(23)26/h3-5,7-10,13-14H,6,11-12H2,1-2H3,(H,22,24). The number of rotatable bonds is 7. The molecule has 1 heterocycles. The molecule has 3 amide bonds. The molecule has 0 bridgehead atoms. The van der Waals surface area contributed by atoms with Gasteiger partial charge in [0.15, 0.2) is 0 Å².